The number of carbonyl (C=O) groups is 1. The van der Waals surface area contributed by atoms with Crippen molar-refractivity contribution in [2.45, 2.75) is 63.3 Å². The van der Waals surface area contributed by atoms with Gasteiger partial charge in [0.2, 0.25) is 0 Å². The number of hydrogen-bond donors (Lipinski definition) is 0. The van der Waals surface area contributed by atoms with Crippen LogP contribution in [0.2, 0.25) is 0 Å². The Balaban J connectivity index is 1.70. The molecule has 1 heterocycles. The molecule has 1 saturated heterocycles. The minimum absolute atomic E-state index is 0.0441. The molecule has 0 aromatic carbocycles. The molecule has 0 spiro atoms. The van der Waals surface area contributed by atoms with Crippen LogP contribution in [0.25, 0.3) is 0 Å². The molecule has 0 radical (unpaired) electrons. The summed E-state index contributed by atoms with van der Waals surface area (Å²) in [6.45, 7) is 0.785. The van der Waals surface area contributed by atoms with Crippen LogP contribution in [0.5, 0.6) is 0 Å². The summed E-state index contributed by atoms with van der Waals surface area (Å²) in [6.07, 6.45) is 6.82. The van der Waals surface area contributed by atoms with Crippen molar-refractivity contribution in [1.29, 1.82) is 0 Å². The van der Waals surface area contributed by atoms with Crippen molar-refractivity contribution < 1.29 is 19.0 Å². The highest BCUT2D eigenvalue weighted by Crippen LogP contribution is 2.24. The molecule has 98 valence electrons. The van der Waals surface area contributed by atoms with Crippen LogP contribution in [0, 0.1) is 0 Å². The molecule has 4 heteroatoms. The summed E-state index contributed by atoms with van der Waals surface area (Å²) in [4.78, 5) is 11.7. The first-order valence-electron chi connectivity index (χ1n) is 6.62. The third-order valence-electron chi connectivity index (χ3n) is 3.63. The van der Waals surface area contributed by atoms with Gasteiger partial charge in [0, 0.05) is 20.1 Å². The van der Waals surface area contributed by atoms with E-state index in [9.17, 15) is 4.79 Å². The molecular formula is C13H22O4. The van der Waals surface area contributed by atoms with E-state index in [1.165, 1.54) is 0 Å². The van der Waals surface area contributed by atoms with Gasteiger partial charge in [-0.25, -0.2) is 0 Å². The van der Waals surface area contributed by atoms with Gasteiger partial charge in [-0.2, -0.15) is 0 Å². The zero-order valence-electron chi connectivity index (χ0n) is 10.5. The third kappa shape index (κ3) is 3.96. The van der Waals surface area contributed by atoms with Gasteiger partial charge in [0.05, 0.1) is 18.6 Å². The van der Waals surface area contributed by atoms with Crippen molar-refractivity contribution in [3.63, 3.8) is 0 Å². The van der Waals surface area contributed by atoms with Crippen LogP contribution in [0.4, 0.5) is 0 Å². The monoisotopic (exact) mass is 242 g/mol. The van der Waals surface area contributed by atoms with Crippen LogP contribution in [-0.4, -0.2) is 38.0 Å². The lowest BCUT2D eigenvalue weighted by atomic mass is 9.95. The van der Waals surface area contributed by atoms with E-state index in [1.54, 1.807) is 7.11 Å². The van der Waals surface area contributed by atoms with E-state index in [-0.39, 0.29) is 24.3 Å². The second kappa shape index (κ2) is 6.36. The molecule has 0 amide bonds. The number of hydrogen-bond acceptors (Lipinski definition) is 4. The summed E-state index contributed by atoms with van der Waals surface area (Å²) in [5.41, 5.74) is 0. The molecule has 0 aromatic heterocycles. The van der Waals surface area contributed by atoms with E-state index < -0.39 is 0 Å². The fourth-order valence-corrected chi connectivity index (χ4v) is 2.65. The molecule has 2 fully saturated rings. The van der Waals surface area contributed by atoms with E-state index in [0.717, 1.165) is 45.1 Å². The maximum Gasteiger partial charge on any atom is 0.308 e. The molecule has 2 aliphatic rings. The van der Waals surface area contributed by atoms with E-state index >= 15 is 0 Å². The van der Waals surface area contributed by atoms with Crippen molar-refractivity contribution >= 4 is 5.97 Å². The number of esters is 1. The second-order valence-corrected chi connectivity index (χ2v) is 4.98. The number of rotatable bonds is 4. The summed E-state index contributed by atoms with van der Waals surface area (Å²) >= 11 is 0. The van der Waals surface area contributed by atoms with Crippen LogP contribution in [0.1, 0.15) is 44.9 Å². The predicted molar refractivity (Wildman–Crippen MR) is 62.7 cm³/mol. The lowest BCUT2D eigenvalue weighted by Crippen LogP contribution is -2.30. The lowest BCUT2D eigenvalue weighted by molar-refractivity contribution is -0.155. The number of carbonyl (C=O) groups excluding carboxylic acids is 1. The minimum atomic E-state index is -0.112. The molecule has 3 atom stereocenters. The van der Waals surface area contributed by atoms with Gasteiger partial charge in [-0.1, -0.05) is 0 Å². The predicted octanol–water partition coefficient (Wildman–Crippen LogP) is 2.06. The quantitative estimate of drug-likeness (QED) is 0.708. The average Bonchev–Trinajstić information content (AvgIpc) is 2.82. The zero-order valence-corrected chi connectivity index (χ0v) is 10.5. The first kappa shape index (κ1) is 12.8. The Labute approximate surface area is 103 Å². The van der Waals surface area contributed by atoms with Gasteiger partial charge >= 0.3 is 5.97 Å². The molecule has 0 aromatic rings. The summed E-state index contributed by atoms with van der Waals surface area (Å²) in [6, 6.07) is 0. The van der Waals surface area contributed by atoms with Crippen LogP contribution in [0.3, 0.4) is 0 Å². The molecule has 1 aliphatic carbocycles. The number of ether oxygens (including phenoxy) is 3. The van der Waals surface area contributed by atoms with Gasteiger partial charge in [0.1, 0.15) is 6.10 Å². The average molecular weight is 242 g/mol. The van der Waals surface area contributed by atoms with Crippen molar-refractivity contribution in [1.82, 2.24) is 0 Å². The van der Waals surface area contributed by atoms with E-state index in [1.807, 2.05) is 0 Å². The van der Waals surface area contributed by atoms with Crippen molar-refractivity contribution in [2.24, 2.45) is 0 Å². The SMILES string of the molecule is COC1CCCC(OC(=O)CC2CCCO2)C1. The van der Waals surface area contributed by atoms with E-state index in [4.69, 9.17) is 14.2 Å². The highest BCUT2D eigenvalue weighted by Gasteiger charge is 2.26. The summed E-state index contributed by atoms with van der Waals surface area (Å²) in [5.74, 6) is -0.112. The summed E-state index contributed by atoms with van der Waals surface area (Å²) < 4.78 is 16.2. The fraction of sp³-hybridized carbons (Fsp3) is 0.923. The van der Waals surface area contributed by atoms with Gasteiger partial charge in [-0.3, -0.25) is 4.79 Å². The molecule has 3 unspecified atom stereocenters. The largest absolute Gasteiger partial charge is 0.462 e. The van der Waals surface area contributed by atoms with Crippen LogP contribution in [-0.2, 0) is 19.0 Å². The van der Waals surface area contributed by atoms with Crippen LogP contribution < -0.4 is 0 Å². The van der Waals surface area contributed by atoms with Crippen molar-refractivity contribution in [2.75, 3.05) is 13.7 Å². The smallest absolute Gasteiger partial charge is 0.308 e. The molecule has 0 N–H and O–H groups in total. The van der Waals surface area contributed by atoms with E-state index in [2.05, 4.69) is 0 Å². The first-order chi connectivity index (χ1) is 8.28. The van der Waals surface area contributed by atoms with Gasteiger partial charge in [0.15, 0.2) is 0 Å². The Bertz CT molecular complexity index is 248. The normalized spacial score (nSPS) is 33.6. The van der Waals surface area contributed by atoms with Gasteiger partial charge < -0.3 is 14.2 Å². The van der Waals surface area contributed by atoms with Crippen LogP contribution in [0.15, 0.2) is 0 Å². The molecule has 2 rings (SSSR count). The number of methoxy groups -OCH3 is 1. The molecule has 17 heavy (non-hydrogen) atoms. The third-order valence-corrected chi connectivity index (χ3v) is 3.63. The van der Waals surface area contributed by atoms with E-state index in [0.29, 0.717) is 6.42 Å². The molecular weight excluding hydrogens is 220 g/mol. The van der Waals surface area contributed by atoms with Gasteiger partial charge in [-0.15, -0.1) is 0 Å². The highest BCUT2D eigenvalue weighted by atomic mass is 16.6. The highest BCUT2D eigenvalue weighted by molar-refractivity contribution is 5.70. The minimum Gasteiger partial charge on any atom is -0.462 e. The fourth-order valence-electron chi connectivity index (χ4n) is 2.65. The Morgan fingerprint density at radius 3 is 2.76 bits per heavy atom. The van der Waals surface area contributed by atoms with Crippen molar-refractivity contribution in [3.05, 3.63) is 0 Å². The lowest BCUT2D eigenvalue weighted by Gasteiger charge is -2.28. The first-order valence-corrected chi connectivity index (χ1v) is 6.62. The summed E-state index contributed by atoms with van der Waals surface area (Å²) in [5, 5.41) is 0. The van der Waals surface area contributed by atoms with Gasteiger partial charge in [0.25, 0.3) is 0 Å². The second-order valence-electron chi connectivity index (χ2n) is 4.98. The maximum absolute atomic E-state index is 11.7. The van der Waals surface area contributed by atoms with Gasteiger partial charge in [-0.05, 0) is 32.1 Å². The van der Waals surface area contributed by atoms with Crippen LogP contribution >= 0.6 is 0 Å². The molecule has 4 nitrogen and oxygen atoms in total. The maximum atomic E-state index is 11.7. The molecule has 1 saturated carbocycles. The molecule has 0 bridgehead atoms. The summed E-state index contributed by atoms with van der Waals surface area (Å²) in [7, 11) is 1.72. The Hall–Kier alpha value is -0.610. The zero-order chi connectivity index (χ0) is 12.1. The Morgan fingerprint density at radius 1 is 1.24 bits per heavy atom. The molecule has 1 aliphatic heterocycles. The van der Waals surface area contributed by atoms with Crippen molar-refractivity contribution in [3.8, 4) is 0 Å². The Kier molecular flexibility index (Phi) is 4.80. The Morgan fingerprint density at radius 2 is 2.06 bits per heavy atom. The topological polar surface area (TPSA) is 44.8 Å². The standard InChI is InChI=1S/C13H22O4/c1-15-10-4-2-5-12(8-10)17-13(14)9-11-6-3-7-16-11/h10-12H,2-9H2,1H3.